The fourth-order valence-electron chi connectivity index (χ4n) is 4.99. The van der Waals surface area contributed by atoms with Crippen LogP contribution in [0.2, 0.25) is 0 Å². The number of ether oxygens (including phenoxy) is 1. The van der Waals surface area contributed by atoms with Gasteiger partial charge in [0.2, 0.25) is 0 Å². The van der Waals surface area contributed by atoms with Crippen LogP contribution < -0.4 is 10.2 Å². The highest BCUT2D eigenvalue weighted by Crippen LogP contribution is 2.34. The zero-order chi connectivity index (χ0) is 21.8. The predicted molar refractivity (Wildman–Crippen MR) is 143 cm³/mol. The number of carbonyl (C=O) groups is 1. The summed E-state index contributed by atoms with van der Waals surface area (Å²) in [7, 11) is 0. The van der Waals surface area contributed by atoms with Crippen molar-refractivity contribution < 1.29 is 9.53 Å². The van der Waals surface area contributed by atoms with Crippen LogP contribution in [-0.2, 0) is 17.6 Å². The van der Waals surface area contributed by atoms with Gasteiger partial charge in [-0.3, -0.25) is 4.79 Å². The third-order valence-electron chi connectivity index (χ3n) is 6.60. The van der Waals surface area contributed by atoms with Gasteiger partial charge in [0.15, 0.2) is 5.78 Å². The van der Waals surface area contributed by atoms with Gasteiger partial charge < -0.3 is 15.0 Å². The number of anilines is 1. The first-order chi connectivity index (χ1) is 15.8. The second kappa shape index (κ2) is 12.4. The van der Waals surface area contributed by atoms with E-state index in [1.54, 1.807) is 0 Å². The number of fused-ring (bicyclic) bond motifs is 1. The molecule has 4 nitrogen and oxygen atoms in total. The SMILES string of the molecule is Cl.Cl.O=C(c1ccccc1)c1cccc(CCC2OCCc3ccccc32)c1N1CCNCC1. The van der Waals surface area contributed by atoms with Crippen molar-refractivity contribution in [2.24, 2.45) is 0 Å². The Labute approximate surface area is 214 Å². The summed E-state index contributed by atoms with van der Waals surface area (Å²) in [6, 6.07) is 24.5. The number of hydrogen-bond donors (Lipinski definition) is 1. The van der Waals surface area contributed by atoms with E-state index in [1.807, 2.05) is 42.5 Å². The van der Waals surface area contributed by atoms with E-state index in [4.69, 9.17) is 4.74 Å². The molecule has 0 amide bonds. The molecule has 1 atom stereocenters. The monoisotopic (exact) mass is 498 g/mol. The van der Waals surface area contributed by atoms with Crippen LogP contribution in [0.15, 0.2) is 72.8 Å². The predicted octanol–water partition coefficient (Wildman–Crippen LogP) is 5.42. The molecule has 1 unspecified atom stereocenters. The second-order valence-electron chi connectivity index (χ2n) is 8.59. The third kappa shape index (κ3) is 5.64. The van der Waals surface area contributed by atoms with Gasteiger partial charge in [0.1, 0.15) is 0 Å². The Hall–Kier alpha value is -2.37. The van der Waals surface area contributed by atoms with Crippen molar-refractivity contribution in [3.8, 4) is 0 Å². The Bertz CT molecular complexity index is 1080. The molecule has 2 aliphatic heterocycles. The Morgan fingerprint density at radius 1 is 0.912 bits per heavy atom. The van der Waals surface area contributed by atoms with Gasteiger partial charge in [-0.05, 0) is 42.0 Å². The van der Waals surface area contributed by atoms with Crippen molar-refractivity contribution in [1.82, 2.24) is 5.32 Å². The summed E-state index contributed by atoms with van der Waals surface area (Å²) in [5, 5.41) is 3.43. The zero-order valence-electron chi connectivity index (χ0n) is 19.2. The summed E-state index contributed by atoms with van der Waals surface area (Å²) in [6.45, 7) is 4.47. The highest BCUT2D eigenvalue weighted by Gasteiger charge is 2.25. The van der Waals surface area contributed by atoms with E-state index in [0.29, 0.717) is 0 Å². The van der Waals surface area contributed by atoms with E-state index < -0.39 is 0 Å². The van der Waals surface area contributed by atoms with Gasteiger partial charge in [-0.25, -0.2) is 0 Å². The first-order valence-electron chi connectivity index (χ1n) is 11.7. The Kier molecular flexibility index (Phi) is 9.54. The van der Waals surface area contributed by atoms with E-state index in [0.717, 1.165) is 68.9 Å². The molecular weight excluding hydrogens is 467 g/mol. The highest BCUT2D eigenvalue weighted by atomic mass is 35.5. The topological polar surface area (TPSA) is 41.6 Å². The summed E-state index contributed by atoms with van der Waals surface area (Å²) in [5.74, 6) is 0.0974. The zero-order valence-corrected chi connectivity index (χ0v) is 20.9. The molecule has 1 fully saturated rings. The van der Waals surface area contributed by atoms with Crippen molar-refractivity contribution in [2.75, 3.05) is 37.7 Å². The average molecular weight is 499 g/mol. The third-order valence-corrected chi connectivity index (χ3v) is 6.60. The molecule has 5 rings (SSSR count). The smallest absolute Gasteiger partial charge is 0.195 e. The van der Waals surface area contributed by atoms with E-state index in [-0.39, 0.29) is 36.7 Å². The first kappa shape index (κ1) is 26.2. The number of benzene rings is 3. The summed E-state index contributed by atoms with van der Waals surface area (Å²) >= 11 is 0. The molecule has 34 heavy (non-hydrogen) atoms. The van der Waals surface area contributed by atoms with Crippen LogP contribution in [0.4, 0.5) is 5.69 Å². The maximum atomic E-state index is 13.5. The minimum absolute atomic E-state index is 0. The number of hydrogen-bond acceptors (Lipinski definition) is 4. The molecule has 1 saturated heterocycles. The number of rotatable bonds is 6. The molecule has 2 heterocycles. The number of piperazine rings is 1. The number of aryl methyl sites for hydroxylation is 1. The maximum absolute atomic E-state index is 13.5. The molecule has 0 saturated carbocycles. The van der Waals surface area contributed by atoms with Crippen LogP contribution >= 0.6 is 24.8 Å². The lowest BCUT2D eigenvalue weighted by Crippen LogP contribution is -2.44. The molecule has 0 spiro atoms. The van der Waals surface area contributed by atoms with Gasteiger partial charge >= 0.3 is 0 Å². The second-order valence-corrected chi connectivity index (χ2v) is 8.59. The van der Waals surface area contributed by atoms with Crippen LogP contribution in [0.25, 0.3) is 0 Å². The fourth-order valence-corrected chi connectivity index (χ4v) is 4.99. The van der Waals surface area contributed by atoms with E-state index >= 15 is 0 Å². The molecule has 1 N–H and O–H groups in total. The van der Waals surface area contributed by atoms with E-state index in [1.165, 1.54) is 16.7 Å². The highest BCUT2D eigenvalue weighted by molar-refractivity contribution is 6.12. The Balaban J connectivity index is 0.00000162. The molecule has 0 aromatic heterocycles. The van der Waals surface area contributed by atoms with Gasteiger partial charge in [0, 0.05) is 37.3 Å². The number of carbonyl (C=O) groups excluding carboxylic acids is 1. The average Bonchev–Trinajstić information content (AvgIpc) is 2.88. The lowest BCUT2D eigenvalue weighted by Gasteiger charge is -2.33. The number of nitrogens with one attached hydrogen (secondary N) is 1. The standard InChI is InChI=1S/C28H30N2O2.2ClH/c31-28(23-8-2-1-3-9-23)25-12-6-10-22(27(25)30-18-16-29-17-19-30)13-14-26-24-11-5-4-7-21(24)15-20-32-26;;/h1-12,26,29H,13-20H2;2*1H. The van der Waals surface area contributed by atoms with Gasteiger partial charge in [-0.1, -0.05) is 66.7 Å². The molecule has 3 aromatic carbocycles. The van der Waals surface area contributed by atoms with Crippen molar-refractivity contribution in [1.29, 1.82) is 0 Å². The molecule has 180 valence electrons. The van der Waals surface area contributed by atoms with Crippen LogP contribution in [0, 0.1) is 0 Å². The minimum atomic E-state index is 0. The first-order valence-corrected chi connectivity index (χ1v) is 11.7. The van der Waals surface area contributed by atoms with E-state index in [2.05, 4.69) is 40.5 Å². The quantitative estimate of drug-likeness (QED) is 0.460. The molecule has 0 aliphatic carbocycles. The summed E-state index contributed by atoms with van der Waals surface area (Å²) in [4.78, 5) is 15.9. The van der Waals surface area contributed by atoms with Gasteiger partial charge in [-0.2, -0.15) is 0 Å². The molecule has 0 radical (unpaired) electrons. The summed E-state index contributed by atoms with van der Waals surface area (Å²) in [6.07, 6.45) is 2.90. The van der Waals surface area contributed by atoms with Crippen molar-refractivity contribution >= 4 is 36.3 Å². The van der Waals surface area contributed by atoms with E-state index in [9.17, 15) is 4.79 Å². The Morgan fingerprint density at radius 2 is 1.65 bits per heavy atom. The van der Waals surface area contributed by atoms with Gasteiger partial charge in [0.25, 0.3) is 0 Å². The van der Waals surface area contributed by atoms with Crippen LogP contribution in [-0.4, -0.2) is 38.6 Å². The van der Waals surface area contributed by atoms with Crippen LogP contribution in [0.5, 0.6) is 0 Å². The molecule has 0 bridgehead atoms. The molecule has 2 aliphatic rings. The summed E-state index contributed by atoms with van der Waals surface area (Å²) in [5.41, 5.74) is 6.61. The normalized spacial score (nSPS) is 17.2. The van der Waals surface area contributed by atoms with Crippen LogP contribution in [0.1, 0.15) is 45.1 Å². The Morgan fingerprint density at radius 3 is 2.44 bits per heavy atom. The fraction of sp³-hybridized carbons (Fsp3) is 0.321. The summed E-state index contributed by atoms with van der Waals surface area (Å²) < 4.78 is 6.17. The number of nitrogens with zero attached hydrogens (tertiary/aromatic N) is 1. The van der Waals surface area contributed by atoms with Crippen molar-refractivity contribution in [2.45, 2.75) is 25.4 Å². The maximum Gasteiger partial charge on any atom is 0.195 e. The largest absolute Gasteiger partial charge is 0.373 e. The minimum Gasteiger partial charge on any atom is -0.373 e. The number of halogens is 2. The number of para-hydroxylation sites is 1. The van der Waals surface area contributed by atoms with Crippen LogP contribution in [0.3, 0.4) is 0 Å². The lowest BCUT2D eigenvalue weighted by atomic mass is 9.91. The molecular formula is C28H32Cl2N2O2. The van der Waals surface area contributed by atoms with Gasteiger partial charge in [0.05, 0.1) is 18.4 Å². The van der Waals surface area contributed by atoms with Crippen molar-refractivity contribution in [3.05, 3.63) is 101 Å². The number of ketones is 1. The van der Waals surface area contributed by atoms with Crippen molar-refractivity contribution in [3.63, 3.8) is 0 Å². The van der Waals surface area contributed by atoms with Gasteiger partial charge in [-0.15, -0.1) is 24.8 Å². The molecule has 3 aromatic rings. The lowest BCUT2D eigenvalue weighted by molar-refractivity contribution is 0.0368. The molecule has 6 heteroatoms.